The number of aryl methyl sites for hydroxylation is 4. The number of aliphatic hydroxyl groups is 2. The number of aromatic nitrogens is 10. The van der Waals surface area contributed by atoms with E-state index in [1.165, 1.54) is 15.6 Å². The Morgan fingerprint density at radius 3 is 1.70 bits per heavy atom. The van der Waals surface area contributed by atoms with Gasteiger partial charge in [0.05, 0.1) is 47.4 Å². The van der Waals surface area contributed by atoms with E-state index in [-0.39, 0.29) is 40.9 Å². The molecule has 20 heteroatoms. The Labute approximate surface area is 343 Å². The molecule has 2 unspecified atom stereocenters. The number of β-amino-alcohol motifs (C(OH)–C–C–N with tert-alkyl or cyclic N) is 1. The van der Waals surface area contributed by atoms with Crippen LogP contribution < -0.4 is 21.3 Å². The Hall–Kier alpha value is -7.32. The van der Waals surface area contributed by atoms with Crippen LogP contribution in [0.5, 0.6) is 0 Å². The Kier molecular flexibility index (Phi) is 12.6. The van der Waals surface area contributed by atoms with Crippen molar-refractivity contribution in [1.82, 2.24) is 59.7 Å². The van der Waals surface area contributed by atoms with Crippen molar-refractivity contribution in [3.63, 3.8) is 0 Å². The van der Waals surface area contributed by atoms with Crippen molar-refractivity contribution in [1.29, 1.82) is 0 Å². The molecule has 2 aliphatic rings. The fourth-order valence-corrected chi connectivity index (χ4v) is 6.43. The van der Waals surface area contributed by atoms with Crippen molar-refractivity contribution in [2.75, 3.05) is 23.7 Å². The average Bonchev–Trinajstić information content (AvgIpc) is 4.07. The van der Waals surface area contributed by atoms with Crippen LogP contribution in [0.1, 0.15) is 67.6 Å². The lowest BCUT2D eigenvalue weighted by Crippen LogP contribution is -2.39. The molecule has 0 radical (unpaired) electrons. The number of rotatable bonds is 0. The first-order valence-corrected chi connectivity index (χ1v) is 19.3. The maximum atomic E-state index is 12.8. The Morgan fingerprint density at radius 1 is 0.617 bits per heavy atom. The standard InChI is InChI=1S/C20H23N7O4.C20H21N7O2/c1-26-11-15-18(25-26)20(31)21-9-17(29)16(28)6-3-7-27-10-12(8-22-27)13-4-2-5-14(23-13)19(30)24-15;1-26-13-17-18(25-26)20(29)21-9-4-2-3-5-10-27-12-14(11-22-27)15-7-6-8-16(23-15)19(28)24-17/h2,4-5,8,10-11,16-17,28-29H,3,6-7,9H2,1H3,(H,21,31)(H,24,30);2,4,6-8,11-13H,3,5,9-10H2,1H3,(H,21,29)(H,24,28)/b;4-2+. The molecule has 6 N–H and O–H groups in total. The van der Waals surface area contributed by atoms with Crippen molar-refractivity contribution in [2.45, 2.75) is 51.0 Å². The third-order valence-corrected chi connectivity index (χ3v) is 9.51. The van der Waals surface area contributed by atoms with Gasteiger partial charge in [0.25, 0.3) is 23.6 Å². The quantitative estimate of drug-likeness (QED) is 0.121. The average molecular weight is 817 g/mol. The normalized spacial score (nSPS) is 18.3. The van der Waals surface area contributed by atoms with Crippen LogP contribution in [0.4, 0.5) is 11.4 Å². The summed E-state index contributed by atoms with van der Waals surface area (Å²) >= 11 is 0. The molecule has 0 saturated carbocycles. The number of hydrogen-bond acceptors (Lipinski definition) is 12. The van der Waals surface area contributed by atoms with Crippen molar-refractivity contribution in [3.05, 3.63) is 109 Å². The van der Waals surface area contributed by atoms with Gasteiger partial charge < -0.3 is 31.5 Å². The van der Waals surface area contributed by atoms with Gasteiger partial charge >= 0.3 is 0 Å². The highest BCUT2D eigenvalue weighted by Gasteiger charge is 2.23. The second-order valence-corrected chi connectivity index (χ2v) is 14.1. The second-order valence-electron chi connectivity index (χ2n) is 14.1. The minimum Gasteiger partial charge on any atom is -0.390 e. The highest BCUT2D eigenvalue weighted by atomic mass is 16.3. The maximum absolute atomic E-state index is 12.8. The zero-order valence-electron chi connectivity index (χ0n) is 32.9. The molecule has 6 aromatic rings. The summed E-state index contributed by atoms with van der Waals surface area (Å²) < 4.78 is 6.47. The first kappa shape index (κ1) is 40.9. The molecule has 310 valence electrons. The van der Waals surface area contributed by atoms with Gasteiger partial charge in [0.1, 0.15) is 11.4 Å². The molecule has 0 aromatic carbocycles. The van der Waals surface area contributed by atoms with Crippen LogP contribution in [-0.4, -0.2) is 108 Å². The van der Waals surface area contributed by atoms with Crippen LogP contribution in [0.3, 0.4) is 0 Å². The van der Waals surface area contributed by atoms with Gasteiger partial charge in [0.15, 0.2) is 11.4 Å². The predicted octanol–water partition coefficient (Wildman–Crippen LogP) is 2.19. The molecule has 8 bridgehead atoms. The maximum Gasteiger partial charge on any atom is 0.274 e. The molecule has 0 spiro atoms. The molecule has 6 aromatic heterocycles. The number of nitrogens with one attached hydrogen (secondary N) is 4. The van der Waals surface area contributed by atoms with Gasteiger partial charge in [-0.2, -0.15) is 20.4 Å². The Morgan fingerprint density at radius 2 is 1.13 bits per heavy atom. The second kappa shape index (κ2) is 18.5. The van der Waals surface area contributed by atoms with Crippen molar-refractivity contribution >= 4 is 35.0 Å². The SMILES string of the molecule is Cn1cc2c(n1)C(=O)NC/C=C/CCCn1cc(cn1)-c1cccc(n1)C(=O)N2.Cn1cc2c(n1)C(=O)NCC(O)C(O)CCCn1cc(cn1)-c1cccc(n1)C(=O)N2. The molecule has 2 atom stereocenters. The van der Waals surface area contributed by atoms with Crippen molar-refractivity contribution in [3.8, 4) is 22.5 Å². The molecule has 20 nitrogen and oxygen atoms in total. The van der Waals surface area contributed by atoms with Crippen LogP contribution >= 0.6 is 0 Å². The summed E-state index contributed by atoms with van der Waals surface area (Å²) in [4.78, 5) is 59.4. The molecular weight excluding hydrogens is 773 g/mol. The topological polar surface area (TPSA) is 254 Å². The number of carbonyl (C=O) groups excluding carboxylic acids is 4. The molecule has 8 rings (SSSR count). The van der Waals surface area contributed by atoms with Gasteiger partial charge in [-0.3, -0.25) is 37.9 Å². The molecule has 4 amide bonds. The van der Waals surface area contributed by atoms with Crippen molar-refractivity contribution < 1.29 is 29.4 Å². The van der Waals surface area contributed by atoms with E-state index in [1.807, 2.05) is 35.3 Å². The van der Waals surface area contributed by atoms with E-state index in [4.69, 9.17) is 0 Å². The summed E-state index contributed by atoms with van der Waals surface area (Å²) in [6.07, 6.45) is 14.8. The van der Waals surface area contributed by atoms with Gasteiger partial charge in [-0.15, -0.1) is 0 Å². The van der Waals surface area contributed by atoms with Crippen LogP contribution in [0.2, 0.25) is 0 Å². The number of aliphatic hydroxyl groups excluding tert-OH is 2. The lowest BCUT2D eigenvalue weighted by molar-refractivity contribution is 0.0137. The van der Waals surface area contributed by atoms with E-state index in [2.05, 4.69) is 51.6 Å². The molecular formula is C40H44N14O6. The Balaban J connectivity index is 0.000000182. The van der Waals surface area contributed by atoms with Crippen LogP contribution in [-0.2, 0) is 27.2 Å². The van der Waals surface area contributed by atoms with Gasteiger partial charge in [0.2, 0.25) is 0 Å². The first-order valence-electron chi connectivity index (χ1n) is 19.3. The third-order valence-electron chi connectivity index (χ3n) is 9.51. The highest BCUT2D eigenvalue weighted by Crippen LogP contribution is 2.21. The molecule has 8 heterocycles. The number of pyridine rings is 2. The van der Waals surface area contributed by atoms with E-state index in [0.717, 1.165) is 30.5 Å². The lowest BCUT2D eigenvalue weighted by Gasteiger charge is -2.18. The predicted molar refractivity (Wildman–Crippen MR) is 218 cm³/mol. The van der Waals surface area contributed by atoms with Crippen LogP contribution in [0.25, 0.3) is 22.5 Å². The zero-order valence-corrected chi connectivity index (χ0v) is 32.9. The summed E-state index contributed by atoms with van der Waals surface area (Å²) in [7, 11) is 3.31. The number of allylic oxidation sites excluding steroid dienone is 1. The zero-order chi connectivity index (χ0) is 42.2. The number of carbonyl (C=O) groups is 4. The number of amides is 4. The minimum atomic E-state index is -1.14. The van der Waals surface area contributed by atoms with E-state index in [0.29, 0.717) is 43.0 Å². The molecule has 2 aliphatic heterocycles. The van der Waals surface area contributed by atoms with Crippen LogP contribution in [0.15, 0.2) is 85.7 Å². The lowest BCUT2D eigenvalue weighted by atomic mass is 10.1. The van der Waals surface area contributed by atoms with E-state index in [1.54, 1.807) is 67.7 Å². The summed E-state index contributed by atoms with van der Waals surface area (Å²) in [5.41, 5.74) is 3.96. The van der Waals surface area contributed by atoms with Crippen molar-refractivity contribution in [2.24, 2.45) is 14.1 Å². The third kappa shape index (κ3) is 10.0. The number of anilines is 2. The number of fused-ring (bicyclic) bond motifs is 12. The van der Waals surface area contributed by atoms with E-state index < -0.39 is 29.9 Å². The van der Waals surface area contributed by atoms with Gasteiger partial charge in [-0.05, 0) is 49.9 Å². The Bertz CT molecular complexity index is 2530. The van der Waals surface area contributed by atoms with E-state index in [9.17, 15) is 29.4 Å². The summed E-state index contributed by atoms with van der Waals surface area (Å²) in [6.45, 7) is 1.54. The fraction of sp³-hybridized carbons (Fsp3) is 0.300. The fourth-order valence-electron chi connectivity index (χ4n) is 6.43. The molecule has 60 heavy (non-hydrogen) atoms. The minimum absolute atomic E-state index is 0.00362. The molecule has 0 fully saturated rings. The molecule has 0 aliphatic carbocycles. The van der Waals surface area contributed by atoms with E-state index >= 15 is 0 Å². The summed E-state index contributed by atoms with van der Waals surface area (Å²) in [5.74, 6) is -1.83. The van der Waals surface area contributed by atoms with Gasteiger partial charge in [-0.1, -0.05) is 24.3 Å². The summed E-state index contributed by atoms with van der Waals surface area (Å²) in [6, 6.07) is 10.3. The largest absolute Gasteiger partial charge is 0.390 e. The monoisotopic (exact) mass is 816 g/mol. The number of hydrogen-bond donors (Lipinski definition) is 6. The highest BCUT2D eigenvalue weighted by molar-refractivity contribution is 6.08. The first-order chi connectivity index (χ1) is 29.0. The van der Waals surface area contributed by atoms with Gasteiger partial charge in [-0.25, -0.2) is 9.97 Å². The van der Waals surface area contributed by atoms with Gasteiger partial charge in [0, 0.05) is 76.2 Å². The smallest absolute Gasteiger partial charge is 0.274 e. The molecule has 0 saturated heterocycles. The summed E-state index contributed by atoms with van der Waals surface area (Å²) in [5, 5.41) is 48.1. The van der Waals surface area contributed by atoms with Crippen LogP contribution in [0, 0.1) is 0 Å². The number of nitrogens with zero attached hydrogens (tertiary/aromatic N) is 10.